The van der Waals surface area contributed by atoms with Crippen molar-refractivity contribution >= 4 is 14.5 Å². The van der Waals surface area contributed by atoms with Crippen LogP contribution in [-0.2, 0) is 0 Å². The Bertz CT molecular complexity index is 761. The second kappa shape index (κ2) is 10.4. The van der Waals surface area contributed by atoms with Crippen LogP contribution in [-0.4, -0.2) is 21.1 Å². The van der Waals surface area contributed by atoms with Crippen LogP contribution in [0.5, 0.6) is 5.75 Å². The number of hydrogen-bond acceptors (Lipinski definition) is 1. The third kappa shape index (κ3) is 5.37. The van der Waals surface area contributed by atoms with E-state index in [0.29, 0.717) is 14.5 Å². The van der Waals surface area contributed by atoms with E-state index in [1.165, 1.54) is 52.1 Å². The van der Waals surface area contributed by atoms with E-state index >= 15 is 0 Å². The van der Waals surface area contributed by atoms with Gasteiger partial charge in [-0.05, 0) is 0 Å². The van der Waals surface area contributed by atoms with Crippen LogP contribution in [0.25, 0.3) is 20.0 Å². The molecule has 1 nitrogen and oxygen atoms in total. The normalized spacial score (nSPS) is 10.8. The number of rotatable bonds is 10. The molecule has 0 aliphatic rings. The van der Waals surface area contributed by atoms with Crippen molar-refractivity contribution in [2.45, 2.75) is 45.4 Å². The molecular weight excluding hydrogens is 383 g/mol. The average molecular weight is 411 g/mol. The van der Waals surface area contributed by atoms with Crippen molar-refractivity contribution < 1.29 is 4.74 Å². The molecule has 0 spiro atoms. The molecule has 136 valence electrons. The summed E-state index contributed by atoms with van der Waals surface area (Å²) < 4.78 is 9.04. The molecule has 0 aliphatic heterocycles. The third-order valence-corrected chi connectivity index (χ3v) is 7.10. The maximum absolute atomic E-state index is 6.25. The second-order valence-electron chi connectivity index (χ2n) is 6.65. The fourth-order valence-electron chi connectivity index (χ4n) is 3.08. The number of unbranched alkanes of at least 4 members (excludes halogenated alkanes) is 5. The number of benzene rings is 2. The first-order valence-corrected chi connectivity index (χ1v) is 11.5. The van der Waals surface area contributed by atoms with Gasteiger partial charge in [0.1, 0.15) is 0 Å². The molecule has 2 aromatic carbocycles. The summed E-state index contributed by atoms with van der Waals surface area (Å²) in [5.74, 6) is 1.09. The van der Waals surface area contributed by atoms with E-state index in [0.717, 1.165) is 18.8 Å². The van der Waals surface area contributed by atoms with Gasteiger partial charge in [0.05, 0.1) is 0 Å². The van der Waals surface area contributed by atoms with Crippen molar-refractivity contribution in [1.82, 2.24) is 0 Å². The van der Waals surface area contributed by atoms with E-state index in [1.807, 2.05) is 0 Å². The number of hydrogen-bond donors (Lipinski definition) is 0. The van der Waals surface area contributed by atoms with Crippen LogP contribution in [0.4, 0.5) is 0 Å². The van der Waals surface area contributed by atoms with E-state index in [-0.39, 0.29) is 0 Å². The Morgan fingerprint density at radius 3 is 2.04 bits per heavy atom. The molecule has 0 radical (unpaired) electrons. The molecular formula is C24H28OSe. The third-order valence-electron chi connectivity index (χ3n) is 4.55. The average Bonchev–Trinajstić information content (AvgIpc) is 3.13. The molecule has 0 saturated carbocycles. The summed E-state index contributed by atoms with van der Waals surface area (Å²) in [5.41, 5.74) is 2.62. The van der Waals surface area contributed by atoms with Crippen LogP contribution >= 0.6 is 0 Å². The summed E-state index contributed by atoms with van der Waals surface area (Å²) in [5, 5.41) is 0. The van der Waals surface area contributed by atoms with E-state index < -0.39 is 0 Å². The Morgan fingerprint density at radius 1 is 0.731 bits per heavy atom. The molecule has 3 aromatic rings. The molecule has 0 amide bonds. The van der Waals surface area contributed by atoms with Gasteiger partial charge in [0.2, 0.25) is 0 Å². The molecule has 1 heterocycles. The van der Waals surface area contributed by atoms with Gasteiger partial charge in [-0.3, -0.25) is 0 Å². The molecule has 0 bridgehead atoms. The van der Waals surface area contributed by atoms with Crippen molar-refractivity contribution in [2.75, 3.05) is 6.61 Å². The molecule has 0 N–H and O–H groups in total. The van der Waals surface area contributed by atoms with Gasteiger partial charge in [0.15, 0.2) is 0 Å². The topological polar surface area (TPSA) is 9.23 Å². The van der Waals surface area contributed by atoms with E-state index in [2.05, 4.69) is 73.7 Å². The first kappa shape index (κ1) is 19.0. The molecule has 3 rings (SSSR count). The van der Waals surface area contributed by atoms with Crippen molar-refractivity contribution in [3.8, 4) is 25.8 Å². The summed E-state index contributed by atoms with van der Waals surface area (Å²) in [6.45, 7) is 3.09. The molecule has 0 saturated heterocycles. The Labute approximate surface area is 163 Å². The minimum atomic E-state index is 0.291. The fourth-order valence-corrected chi connectivity index (χ4v) is 5.41. The molecule has 1 aromatic heterocycles. The summed E-state index contributed by atoms with van der Waals surface area (Å²) in [6.07, 6.45) is 7.77. The number of ether oxygens (including phenoxy) is 1. The van der Waals surface area contributed by atoms with Crippen LogP contribution in [0.15, 0.2) is 66.7 Å². The quantitative estimate of drug-likeness (QED) is 0.263. The summed E-state index contributed by atoms with van der Waals surface area (Å²) in [7, 11) is 0. The van der Waals surface area contributed by atoms with Crippen LogP contribution in [0.2, 0.25) is 0 Å². The van der Waals surface area contributed by atoms with Crippen molar-refractivity contribution in [3.63, 3.8) is 0 Å². The van der Waals surface area contributed by atoms with Crippen LogP contribution in [0.1, 0.15) is 45.4 Å². The van der Waals surface area contributed by atoms with Gasteiger partial charge in [0.25, 0.3) is 0 Å². The van der Waals surface area contributed by atoms with Gasteiger partial charge in [-0.1, -0.05) is 0 Å². The monoisotopic (exact) mass is 412 g/mol. The first-order chi connectivity index (χ1) is 12.9. The zero-order valence-corrected chi connectivity index (χ0v) is 17.3. The first-order valence-electron chi connectivity index (χ1n) is 9.76. The van der Waals surface area contributed by atoms with Gasteiger partial charge in [0, 0.05) is 0 Å². The Kier molecular flexibility index (Phi) is 7.61. The molecule has 0 atom stereocenters. The molecule has 0 unspecified atom stereocenters. The molecule has 2 heteroatoms. The zero-order valence-electron chi connectivity index (χ0n) is 15.6. The maximum atomic E-state index is 6.25. The Hall–Kier alpha value is -1.76. The second-order valence-corrected chi connectivity index (χ2v) is 8.86. The molecule has 0 aliphatic carbocycles. The van der Waals surface area contributed by atoms with Gasteiger partial charge in [-0.25, -0.2) is 0 Å². The summed E-state index contributed by atoms with van der Waals surface area (Å²) >= 11 is 0.291. The van der Waals surface area contributed by atoms with Gasteiger partial charge >= 0.3 is 164 Å². The minimum absolute atomic E-state index is 0.291. The van der Waals surface area contributed by atoms with Gasteiger partial charge in [-0.2, -0.15) is 0 Å². The van der Waals surface area contributed by atoms with Crippen molar-refractivity contribution in [3.05, 3.63) is 66.7 Å². The zero-order chi connectivity index (χ0) is 18.0. The van der Waals surface area contributed by atoms with Gasteiger partial charge < -0.3 is 0 Å². The van der Waals surface area contributed by atoms with E-state index in [9.17, 15) is 0 Å². The van der Waals surface area contributed by atoms with Crippen LogP contribution < -0.4 is 4.74 Å². The fraction of sp³-hybridized carbons (Fsp3) is 0.333. The van der Waals surface area contributed by atoms with Crippen molar-refractivity contribution in [1.29, 1.82) is 0 Å². The summed E-state index contributed by atoms with van der Waals surface area (Å²) in [6, 6.07) is 23.7. The predicted molar refractivity (Wildman–Crippen MR) is 113 cm³/mol. The molecule has 26 heavy (non-hydrogen) atoms. The predicted octanol–water partition coefficient (Wildman–Crippen LogP) is 6.82. The van der Waals surface area contributed by atoms with E-state index in [4.69, 9.17) is 4.74 Å². The molecule has 0 fully saturated rings. The van der Waals surface area contributed by atoms with Crippen LogP contribution in [0, 0.1) is 0 Å². The SMILES string of the molecule is CCCCCCCCOc1cc(-c2ccccc2)[se]c1-c1ccccc1. The van der Waals surface area contributed by atoms with Crippen LogP contribution in [0.3, 0.4) is 0 Å². The Balaban J connectivity index is 1.70. The van der Waals surface area contributed by atoms with E-state index in [1.54, 1.807) is 0 Å². The van der Waals surface area contributed by atoms with Crippen molar-refractivity contribution in [2.24, 2.45) is 0 Å². The van der Waals surface area contributed by atoms with Gasteiger partial charge in [-0.15, -0.1) is 0 Å². The summed E-state index contributed by atoms with van der Waals surface area (Å²) in [4.78, 5) is 0. The standard InChI is InChI=1S/C24H28OSe/c1-2-3-4-5-6-13-18-25-22-19-23(20-14-9-7-10-15-20)26-24(22)21-16-11-8-12-17-21/h7-12,14-17,19H,2-6,13,18H2,1H3. The Morgan fingerprint density at radius 2 is 1.35 bits per heavy atom.